The molecule has 20 heavy (non-hydrogen) atoms. The fourth-order valence-corrected chi connectivity index (χ4v) is 2.96. The second kappa shape index (κ2) is 5.81. The molecule has 1 aromatic heterocycles. The van der Waals surface area contributed by atoms with Crippen LogP contribution < -0.4 is 10.7 Å². The number of rotatable bonds is 2. The molecule has 0 unspecified atom stereocenters. The van der Waals surface area contributed by atoms with Crippen LogP contribution in [0.25, 0.3) is 0 Å². The topological polar surface area (TPSA) is 62.0 Å². The van der Waals surface area contributed by atoms with E-state index in [2.05, 4.69) is 31.1 Å². The molecule has 2 N–H and O–H groups in total. The number of nitrogens with one attached hydrogen (secondary N) is 2. The normalized spacial score (nSPS) is 23.4. The molecule has 1 heterocycles. The Kier molecular flexibility index (Phi) is 4.31. The molecule has 0 radical (unpaired) electrons. The maximum atomic E-state index is 12.1. The van der Waals surface area contributed by atoms with Gasteiger partial charge in [-0.15, -0.1) is 0 Å². The Morgan fingerprint density at radius 2 is 1.90 bits per heavy atom. The van der Waals surface area contributed by atoms with Gasteiger partial charge < -0.3 is 10.3 Å². The first-order chi connectivity index (χ1) is 9.38. The molecule has 0 spiro atoms. The predicted molar refractivity (Wildman–Crippen MR) is 79.7 cm³/mol. The largest absolute Gasteiger partial charge is 0.367 e. The summed E-state index contributed by atoms with van der Waals surface area (Å²) in [6.07, 6.45) is 7.28. The van der Waals surface area contributed by atoms with E-state index < -0.39 is 0 Å². The van der Waals surface area contributed by atoms with Crippen molar-refractivity contribution in [2.45, 2.75) is 52.5 Å². The minimum absolute atomic E-state index is 0.195. The summed E-state index contributed by atoms with van der Waals surface area (Å²) in [6.45, 7) is 6.83. The quantitative estimate of drug-likeness (QED) is 0.872. The molecular weight excluding hydrogens is 252 g/mol. The molecule has 0 bridgehead atoms. The maximum Gasteiger partial charge on any atom is 0.256 e. The lowest BCUT2D eigenvalue weighted by molar-refractivity contribution is 0.0902. The average molecular weight is 276 g/mol. The summed E-state index contributed by atoms with van der Waals surface area (Å²) in [5.74, 6) is 0.460. The summed E-state index contributed by atoms with van der Waals surface area (Å²) in [6, 6.07) is 1.58. The number of aromatic nitrogens is 1. The highest BCUT2D eigenvalue weighted by Gasteiger charge is 2.30. The minimum Gasteiger partial charge on any atom is -0.367 e. The van der Waals surface area contributed by atoms with Crippen molar-refractivity contribution in [3.05, 3.63) is 34.2 Å². The Morgan fingerprint density at radius 3 is 2.45 bits per heavy atom. The van der Waals surface area contributed by atoms with Gasteiger partial charge in [0.1, 0.15) is 5.56 Å². The Hall–Kier alpha value is -1.58. The van der Waals surface area contributed by atoms with E-state index in [0.717, 1.165) is 31.6 Å². The van der Waals surface area contributed by atoms with Crippen molar-refractivity contribution in [1.82, 2.24) is 10.3 Å². The number of amides is 1. The van der Waals surface area contributed by atoms with E-state index in [1.165, 1.54) is 18.5 Å². The number of hydrogen-bond donors (Lipinski definition) is 2. The standard InChI is InChI=1S/C16H24N2O2/c1-16(2,3)11-4-6-12(7-5-11)18-15(20)13-10-17-9-8-14(13)19/h8-12H,4-7H2,1-3H3,(H,17,19)(H,18,20). The smallest absolute Gasteiger partial charge is 0.256 e. The number of carbonyl (C=O) groups excluding carboxylic acids is 1. The van der Waals surface area contributed by atoms with Gasteiger partial charge in [0.2, 0.25) is 0 Å². The van der Waals surface area contributed by atoms with Crippen molar-refractivity contribution in [1.29, 1.82) is 0 Å². The molecule has 2 rings (SSSR count). The van der Waals surface area contributed by atoms with E-state index in [9.17, 15) is 9.59 Å². The zero-order valence-corrected chi connectivity index (χ0v) is 12.5. The van der Waals surface area contributed by atoms with Gasteiger partial charge in [-0.1, -0.05) is 20.8 Å². The Labute approximate surface area is 120 Å². The van der Waals surface area contributed by atoms with E-state index >= 15 is 0 Å². The Morgan fingerprint density at radius 1 is 1.25 bits per heavy atom. The van der Waals surface area contributed by atoms with Gasteiger partial charge in [-0.3, -0.25) is 9.59 Å². The van der Waals surface area contributed by atoms with E-state index in [1.807, 2.05) is 0 Å². The fourth-order valence-electron chi connectivity index (χ4n) is 2.96. The molecule has 0 atom stereocenters. The van der Waals surface area contributed by atoms with E-state index in [0.29, 0.717) is 5.41 Å². The predicted octanol–water partition coefficient (Wildman–Crippen LogP) is 2.71. The summed E-state index contributed by atoms with van der Waals surface area (Å²) < 4.78 is 0. The summed E-state index contributed by atoms with van der Waals surface area (Å²) in [5, 5.41) is 2.99. The second-order valence-corrected chi connectivity index (χ2v) is 6.81. The second-order valence-electron chi connectivity index (χ2n) is 6.81. The molecule has 1 amide bonds. The fraction of sp³-hybridized carbons (Fsp3) is 0.625. The molecule has 1 aromatic rings. The van der Waals surface area contributed by atoms with E-state index in [-0.39, 0.29) is 22.9 Å². The molecule has 4 heteroatoms. The van der Waals surface area contributed by atoms with Gasteiger partial charge in [0.15, 0.2) is 5.43 Å². The van der Waals surface area contributed by atoms with Crippen molar-refractivity contribution in [3.63, 3.8) is 0 Å². The van der Waals surface area contributed by atoms with Gasteiger partial charge in [0.05, 0.1) is 0 Å². The van der Waals surface area contributed by atoms with Crippen LogP contribution in [0.15, 0.2) is 23.3 Å². The zero-order chi connectivity index (χ0) is 14.8. The summed E-state index contributed by atoms with van der Waals surface area (Å²) >= 11 is 0. The first kappa shape index (κ1) is 14.8. The lowest BCUT2D eigenvalue weighted by Gasteiger charge is -2.37. The van der Waals surface area contributed by atoms with Crippen LogP contribution in [0.5, 0.6) is 0 Å². The third kappa shape index (κ3) is 3.50. The monoisotopic (exact) mass is 276 g/mol. The van der Waals surface area contributed by atoms with Crippen molar-refractivity contribution < 1.29 is 4.79 Å². The van der Waals surface area contributed by atoms with Gasteiger partial charge >= 0.3 is 0 Å². The molecule has 1 fully saturated rings. The molecular formula is C16H24N2O2. The molecule has 0 saturated heterocycles. The Bertz CT molecular complexity index is 520. The third-order valence-corrected chi connectivity index (χ3v) is 4.36. The summed E-state index contributed by atoms with van der Waals surface area (Å²) in [7, 11) is 0. The van der Waals surface area contributed by atoms with Crippen LogP contribution >= 0.6 is 0 Å². The number of pyridine rings is 1. The SMILES string of the molecule is CC(C)(C)C1CCC(NC(=O)c2c[nH]ccc2=O)CC1. The molecule has 1 aliphatic rings. The van der Waals surface area contributed by atoms with Crippen LogP contribution in [-0.2, 0) is 0 Å². The van der Waals surface area contributed by atoms with Crippen molar-refractivity contribution >= 4 is 5.91 Å². The number of H-pyrrole nitrogens is 1. The zero-order valence-electron chi connectivity index (χ0n) is 12.5. The van der Waals surface area contributed by atoms with E-state index in [4.69, 9.17) is 0 Å². The minimum atomic E-state index is -0.258. The number of aromatic amines is 1. The number of hydrogen-bond acceptors (Lipinski definition) is 2. The molecule has 1 saturated carbocycles. The van der Waals surface area contributed by atoms with Crippen LogP contribution in [0.1, 0.15) is 56.8 Å². The van der Waals surface area contributed by atoms with Crippen LogP contribution in [0.3, 0.4) is 0 Å². The van der Waals surface area contributed by atoms with Crippen molar-refractivity contribution in [3.8, 4) is 0 Å². The average Bonchev–Trinajstić information content (AvgIpc) is 2.38. The molecule has 110 valence electrons. The summed E-state index contributed by atoms with van der Waals surface area (Å²) in [5.41, 5.74) is 0.307. The highest BCUT2D eigenvalue weighted by Crippen LogP contribution is 2.37. The molecule has 1 aliphatic carbocycles. The van der Waals surface area contributed by atoms with Crippen molar-refractivity contribution in [2.75, 3.05) is 0 Å². The van der Waals surface area contributed by atoms with Gasteiger partial charge in [-0.05, 0) is 37.0 Å². The lowest BCUT2D eigenvalue weighted by Crippen LogP contribution is -2.40. The van der Waals surface area contributed by atoms with Gasteiger partial charge in [0, 0.05) is 24.5 Å². The highest BCUT2D eigenvalue weighted by molar-refractivity contribution is 5.93. The summed E-state index contributed by atoms with van der Waals surface area (Å²) in [4.78, 5) is 26.5. The van der Waals surface area contributed by atoms with Gasteiger partial charge in [-0.2, -0.15) is 0 Å². The maximum absolute atomic E-state index is 12.1. The van der Waals surface area contributed by atoms with Crippen molar-refractivity contribution in [2.24, 2.45) is 11.3 Å². The highest BCUT2D eigenvalue weighted by atomic mass is 16.2. The van der Waals surface area contributed by atoms with Crippen LogP contribution in [-0.4, -0.2) is 16.9 Å². The first-order valence-electron chi connectivity index (χ1n) is 7.36. The Balaban J connectivity index is 1.92. The number of carbonyl (C=O) groups is 1. The first-order valence-corrected chi connectivity index (χ1v) is 7.36. The molecule has 0 aromatic carbocycles. The van der Waals surface area contributed by atoms with Crippen LogP contribution in [0, 0.1) is 11.3 Å². The molecule has 4 nitrogen and oxygen atoms in total. The van der Waals surface area contributed by atoms with Crippen LogP contribution in [0.4, 0.5) is 0 Å². The third-order valence-electron chi connectivity index (χ3n) is 4.36. The van der Waals surface area contributed by atoms with E-state index in [1.54, 1.807) is 0 Å². The molecule has 0 aliphatic heterocycles. The van der Waals surface area contributed by atoms with Gasteiger partial charge in [0.25, 0.3) is 5.91 Å². The van der Waals surface area contributed by atoms with Crippen LogP contribution in [0.2, 0.25) is 0 Å². The lowest BCUT2D eigenvalue weighted by atomic mass is 9.71. The van der Waals surface area contributed by atoms with Gasteiger partial charge in [-0.25, -0.2) is 0 Å².